The Morgan fingerprint density at radius 3 is 1.50 bits per heavy atom. The number of aliphatic carboxylic acids is 1. The van der Waals surface area contributed by atoms with E-state index in [2.05, 4.69) is 0 Å². The Morgan fingerprint density at radius 2 is 1.50 bits per heavy atom. The zero-order valence-electron chi connectivity index (χ0n) is 9.96. The Labute approximate surface area is 104 Å². The molecule has 0 aliphatic carbocycles. The van der Waals surface area contributed by atoms with Gasteiger partial charge in [0.25, 0.3) is 0 Å². The van der Waals surface area contributed by atoms with Crippen molar-refractivity contribution in [1.82, 2.24) is 0 Å². The summed E-state index contributed by atoms with van der Waals surface area (Å²) < 4.78 is 8.88. The van der Waals surface area contributed by atoms with Crippen LogP contribution in [0.5, 0.6) is 0 Å². The maximum absolute atomic E-state index is 9.86. The van der Waals surface area contributed by atoms with E-state index in [0.717, 1.165) is 0 Å². The minimum absolute atomic E-state index is 0.365. The van der Waals surface area contributed by atoms with Crippen LogP contribution in [0.2, 0.25) is 0 Å². The first-order valence-electron chi connectivity index (χ1n) is 4.53. The minimum Gasteiger partial charge on any atom is -0.478 e. The van der Waals surface area contributed by atoms with Crippen LogP contribution in [-0.4, -0.2) is 60.4 Å². The molecule has 0 aliphatic heterocycles. The van der Waals surface area contributed by atoms with Crippen molar-refractivity contribution in [2.24, 2.45) is 0 Å². The van der Waals surface area contributed by atoms with Gasteiger partial charge in [0.2, 0.25) is 0 Å². The molecule has 0 saturated carbocycles. The van der Waals surface area contributed by atoms with Crippen molar-refractivity contribution in [1.29, 1.82) is 0 Å². The summed E-state index contributed by atoms with van der Waals surface area (Å²) in [6.07, 6.45) is 0.604. The zero-order valence-corrected chi connectivity index (χ0v) is 10.9. The van der Waals surface area contributed by atoms with E-state index in [1.54, 1.807) is 19.9 Å². The molecule has 9 nitrogen and oxygen atoms in total. The van der Waals surface area contributed by atoms with Crippen LogP contribution in [0.1, 0.15) is 13.8 Å². The fourth-order valence-electron chi connectivity index (χ4n) is 0.181. The number of phosphoric acid groups is 1. The highest BCUT2D eigenvalue weighted by Gasteiger charge is 2.00. The van der Waals surface area contributed by atoms with Gasteiger partial charge in [0.1, 0.15) is 6.10 Å². The fourth-order valence-corrected chi connectivity index (χ4v) is 0.181. The molecule has 0 aliphatic rings. The molecular formula is C8H19O9P. The molecular weight excluding hydrogens is 271 g/mol. The van der Waals surface area contributed by atoms with E-state index < -0.39 is 19.9 Å². The van der Waals surface area contributed by atoms with Crippen LogP contribution in [0.4, 0.5) is 0 Å². The molecule has 0 amide bonds. The number of hydrogen-bond donors (Lipinski definition) is 7. The van der Waals surface area contributed by atoms with Crippen molar-refractivity contribution < 1.29 is 44.5 Å². The lowest BCUT2D eigenvalue weighted by Gasteiger charge is -1.96. The number of rotatable bonds is 3. The Bertz CT molecular complexity index is 270. The number of allylic oxidation sites excluding steroid dienone is 1. The second-order valence-electron chi connectivity index (χ2n) is 2.81. The standard InChI is InChI=1S/C5H8O2.C3H8O3.H3O4P/c1-3-4(2)5(6)7;4-1-3(6)2-5;1-5(2,3)4/h3H,1-2H3,(H,6,7);3-6H,1-2H2;(H3,1,2,3,4). The van der Waals surface area contributed by atoms with Gasteiger partial charge in [0.15, 0.2) is 0 Å². The second-order valence-corrected chi connectivity index (χ2v) is 3.84. The number of aliphatic hydroxyl groups excluding tert-OH is 3. The zero-order chi connectivity index (χ0) is 15.4. The first-order valence-corrected chi connectivity index (χ1v) is 6.10. The molecule has 110 valence electrons. The molecule has 0 bridgehead atoms. The average Bonchev–Trinajstić information content (AvgIpc) is 2.25. The molecule has 0 aromatic carbocycles. The molecule has 0 rings (SSSR count). The van der Waals surface area contributed by atoms with Gasteiger partial charge in [-0.15, -0.1) is 0 Å². The van der Waals surface area contributed by atoms with E-state index >= 15 is 0 Å². The first kappa shape index (κ1) is 22.4. The quantitative estimate of drug-likeness (QED) is 0.239. The van der Waals surface area contributed by atoms with E-state index in [-0.39, 0.29) is 13.2 Å². The monoisotopic (exact) mass is 290 g/mol. The summed E-state index contributed by atoms with van der Waals surface area (Å²) in [5.74, 6) is -0.845. The van der Waals surface area contributed by atoms with Gasteiger partial charge in [-0.25, -0.2) is 9.36 Å². The van der Waals surface area contributed by atoms with Gasteiger partial charge in [-0.3, -0.25) is 0 Å². The van der Waals surface area contributed by atoms with Crippen LogP contribution >= 0.6 is 7.82 Å². The Hall–Kier alpha value is -0.800. The summed E-state index contributed by atoms with van der Waals surface area (Å²) in [4.78, 5) is 31.4. The van der Waals surface area contributed by atoms with E-state index in [1.807, 2.05) is 0 Å². The predicted molar refractivity (Wildman–Crippen MR) is 61.5 cm³/mol. The largest absolute Gasteiger partial charge is 0.478 e. The average molecular weight is 290 g/mol. The predicted octanol–water partition coefficient (Wildman–Crippen LogP) is -1.56. The van der Waals surface area contributed by atoms with Gasteiger partial charge < -0.3 is 35.1 Å². The highest BCUT2D eigenvalue weighted by atomic mass is 31.2. The molecule has 10 heteroatoms. The van der Waals surface area contributed by atoms with Crippen LogP contribution < -0.4 is 0 Å². The van der Waals surface area contributed by atoms with Crippen molar-refractivity contribution in [2.45, 2.75) is 20.0 Å². The number of carboxylic acid groups (broad SMARTS) is 1. The highest BCUT2D eigenvalue weighted by molar-refractivity contribution is 7.45. The molecule has 0 aromatic heterocycles. The highest BCUT2D eigenvalue weighted by Crippen LogP contribution is 2.25. The summed E-state index contributed by atoms with van der Waals surface area (Å²) in [6, 6.07) is 0. The lowest BCUT2D eigenvalue weighted by atomic mass is 10.3. The van der Waals surface area contributed by atoms with E-state index in [9.17, 15) is 4.79 Å². The topological polar surface area (TPSA) is 176 Å². The van der Waals surface area contributed by atoms with Crippen molar-refractivity contribution in [3.05, 3.63) is 11.6 Å². The second kappa shape index (κ2) is 12.7. The molecule has 0 atom stereocenters. The minimum atomic E-state index is -4.64. The molecule has 0 spiro atoms. The fraction of sp³-hybridized carbons (Fsp3) is 0.625. The number of carbonyl (C=O) groups is 1. The van der Waals surface area contributed by atoms with Crippen LogP contribution in [-0.2, 0) is 9.36 Å². The number of carboxylic acids is 1. The SMILES string of the molecule is CC=C(C)C(=O)O.O=P(O)(O)O.OCC(O)CO. The van der Waals surface area contributed by atoms with Gasteiger partial charge in [0.05, 0.1) is 13.2 Å². The number of aliphatic hydroxyl groups is 3. The third-order valence-corrected chi connectivity index (χ3v) is 1.19. The molecule has 0 heterocycles. The van der Waals surface area contributed by atoms with E-state index in [4.69, 9.17) is 39.7 Å². The Kier molecular flexibility index (Phi) is 15.7. The third-order valence-electron chi connectivity index (χ3n) is 1.19. The maximum Gasteiger partial charge on any atom is 0.466 e. The van der Waals surface area contributed by atoms with Gasteiger partial charge in [-0.2, -0.15) is 0 Å². The van der Waals surface area contributed by atoms with Crippen LogP contribution in [0.25, 0.3) is 0 Å². The first-order chi connectivity index (χ1) is 7.99. The lowest BCUT2D eigenvalue weighted by molar-refractivity contribution is -0.132. The van der Waals surface area contributed by atoms with E-state index in [1.165, 1.54) is 0 Å². The Balaban J connectivity index is -0.000000190. The van der Waals surface area contributed by atoms with Crippen LogP contribution in [0, 0.1) is 0 Å². The molecule has 0 aromatic rings. The summed E-state index contributed by atoms with van der Waals surface area (Å²) in [6.45, 7) is 2.53. The number of hydrogen-bond acceptors (Lipinski definition) is 5. The maximum atomic E-state index is 9.86. The summed E-state index contributed by atoms with van der Waals surface area (Å²) in [7, 11) is -4.64. The smallest absolute Gasteiger partial charge is 0.466 e. The van der Waals surface area contributed by atoms with Gasteiger partial charge in [0, 0.05) is 5.57 Å². The van der Waals surface area contributed by atoms with Gasteiger partial charge in [-0.05, 0) is 13.8 Å². The Morgan fingerprint density at radius 1 is 1.22 bits per heavy atom. The van der Waals surface area contributed by atoms with E-state index in [0.29, 0.717) is 5.57 Å². The summed E-state index contributed by atoms with van der Waals surface area (Å²) in [5, 5.41) is 32.1. The molecule has 0 radical (unpaired) electrons. The van der Waals surface area contributed by atoms with Gasteiger partial charge >= 0.3 is 13.8 Å². The van der Waals surface area contributed by atoms with Crippen molar-refractivity contribution in [3.63, 3.8) is 0 Å². The molecule has 0 fully saturated rings. The molecule has 0 saturated heterocycles. The normalized spacial score (nSPS) is 11.1. The van der Waals surface area contributed by atoms with Crippen LogP contribution in [0.3, 0.4) is 0 Å². The van der Waals surface area contributed by atoms with Gasteiger partial charge in [-0.1, -0.05) is 6.08 Å². The van der Waals surface area contributed by atoms with Crippen molar-refractivity contribution >= 4 is 13.8 Å². The summed E-state index contributed by atoms with van der Waals surface area (Å²) in [5.41, 5.74) is 0.389. The lowest BCUT2D eigenvalue weighted by Crippen LogP contribution is -2.15. The molecule has 7 N–H and O–H groups in total. The van der Waals surface area contributed by atoms with Crippen molar-refractivity contribution in [2.75, 3.05) is 13.2 Å². The third kappa shape index (κ3) is 36.2. The summed E-state index contributed by atoms with van der Waals surface area (Å²) >= 11 is 0. The van der Waals surface area contributed by atoms with Crippen molar-refractivity contribution in [3.8, 4) is 0 Å². The molecule has 18 heavy (non-hydrogen) atoms. The van der Waals surface area contributed by atoms with Crippen LogP contribution in [0.15, 0.2) is 11.6 Å². The molecule has 0 unspecified atom stereocenters.